The second-order valence-corrected chi connectivity index (χ2v) is 7.34. The van der Waals surface area contributed by atoms with Crippen molar-refractivity contribution in [3.63, 3.8) is 0 Å². The van der Waals surface area contributed by atoms with Crippen LogP contribution in [0.1, 0.15) is 39.5 Å². The number of benzene rings is 2. The SMILES string of the molecule is COc1ccc(C(=O)CSc2nnc(C(C)NC(=O)c3ccccc3)n2C)cc1. The lowest BCUT2D eigenvalue weighted by molar-refractivity contribution is 0.0937. The summed E-state index contributed by atoms with van der Waals surface area (Å²) in [6, 6.07) is 15.7. The fourth-order valence-corrected chi connectivity index (χ4v) is 3.57. The molecule has 2 aromatic carbocycles. The number of rotatable bonds is 8. The first kappa shape index (κ1) is 20.6. The van der Waals surface area contributed by atoms with Gasteiger partial charge in [-0.25, -0.2) is 0 Å². The van der Waals surface area contributed by atoms with Gasteiger partial charge in [0.15, 0.2) is 16.8 Å². The molecule has 0 saturated carbocycles. The molecular weight excluding hydrogens is 388 g/mol. The summed E-state index contributed by atoms with van der Waals surface area (Å²) in [5, 5.41) is 11.9. The Bertz CT molecular complexity index is 987. The van der Waals surface area contributed by atoms with Crippen molar-refractivity contribution in [2.45, 2.75) is 18.1 Å². The number of ether oxygens (including phenoxy) is 1. The summed E-state index contributed by atoms with van der Waals surface area (Å²) in [5.41, 5.74) is 1.20. The van der Waals surface area contributed by atoms with E-state index in [-0.39, 0.29) is 23.5 Å². The standard InChI is InChI=1S/C21H22N4O3S/c1-14(22-20(27)16-7-5-4-6-8-16)19-23-24-21(25(19)2)29-13-18(26)15-9-11-17(28-3)12-10-15/h4-12,14H,13H2,1-3H3,(H,22,27). The van der Waals surface area contributed by atoms with Gasteiger partial charge in [-0.2, -0.15) is 0 Å². The summed E-state index contributed by atoms with van der Waals surface area (Å²) in [6.07, 6.45) is 0. The maximum atomic E-state index is 12.4. The molecule has 0 saturated heterocycles. The number of carbonyl (C=O) groups excluding carboxylic acids is 2. The Balaban J connectivity index is 1.61. The van der Waals surface area contributed by atoms with Gasteiger partial charge in [0.25, 0.3) is 5.91 Å². The van der Waals surface area contributed by atoms with Crippen LogP contribution in [0.4, 0.5) is 0 Å². The minimum absolute atomic E-state index is 0.00682. The van der Waals surface area contributed by atoms with E-state index < -0.39 is 0 Å². The van der Waals surface area contributed by atoms with Gasteiger partial charge in [0, 0.05) is 18.2 Å². The molecule has 1 atom stereocenters. The summed E-state index contributed by atoms with van der Waals surface area (Å²) in [5.74, 6) is 1.38. The first-order chi connectivity index (χ1) is 14.0. The van der Waals surface area contributed by atoms with E-state index in [1.54, 1.807) is 48.1 Å². The summed E-state index contributed by atoms with van der Waals surface area (Å²) in [7, 11) is 3.41. The zero-order valence-electron chi connectivity index (χ0n) is 16.5. The zero-order valence-corrected chi connectivity index (χ0v) is 17.3. The highest BCUT2D eigenvalue weighted by Crippen LogP contribution is 2.21. The Labute approximate surface area is 173 Å². The number of nitrogens with one attached hydrogen (secondary N) is 1. The van der Waals surface area contributed by atoms with Crippen molar-refractivity contribution in [1.29, 1.82) is 0 Å². The van der Waals surface area contributed by atoms with E-state index in [1.807, 2.05) is 32.2 Å². The highest BCUT2D eigenvalue weighted by atomic mass is 32.2. The average molecular weight is 410 g/mol. The molecule has 29 heavy (non-hydrogen) atoms. The Morgan fingerprint density at radius 3 is 2.41 bits per heavy atom. The molecule has 1 N–H and O–H groups in total. The van der Waals surface area contributed by atoms with Gasteiger partial charge in [0.05, 0.1) is 18.9 Å². The number of methoxy groups -OCH3 is 1. The number of hydrogen-bond donors (Lipinski definition) is 1. The fourth-order valence-electron chi connectivity index (χ4n) is 2.75. The molecule has 8 heteroatoms. The van der Waals surface area contributed by atoms with E-state index in [0.717, 1.165) is 0 Å². The van der Waals surface area contributed by atoms with Gasteiger partial charge in [-0.15, -0.1) is 10.2 Å². The molecule has 1 heterocycles. The van der Waals surface area contributed by atoms with E-state index in [1.165, 1.54) is 11.8 Å². The van der Waals surface area contributed by atoms with Gasteiger partial charge in [-0.1, -0.05) is 30.0 Å². The van der Waals surface area contributed by atoms with Crippen molar-refractivity contribution < 1.29 is 14.3 Å². The lowest BCUT2D eigenvalue weighted by Gasteiger charge is -2.13. The van der Waals surface area contributed by atoms with Crippen molar-refractivity contribution in [3.05, 3.63) is 71.5 Å². The monoisotopic (exact) mass is 410 g/mol. The molecule has 0 aliphatic heterocycles. The van der Waals surface area contributed by atoms with Crippen LogP contribution in [0.15, 0.2) is 59.8 Å². The molecular formula is C21H22N4O3S. The molecule has 150 valence electrons. The minimum atomic E-state index is -0.327. The second kappa shape index (κ2) is 9.38. The van der Waals surface area contributed by atoms with Crippen molar-refractivity contribution in [3.8, 4) is 5.75 Å². The third-order valence-electron chi connectivity index (χ3n) is 4.38. The molecule has 0 fully saturated rings. The van der Waals surface area contributed by atoms with Gasteiger partial charge in [-0.05, 0) is 43.3 Å². The number of thioether (sulfide) groups is 1. The van der Waals surface area contributed by atoms with Crippen molar-refractivity contribution in [2.75, 3.05) is 12.9 Å². The first-order valence-corrected chi connectivity index (χ1v) is 10.0. The maximum Gasteiger partial charge on any atom is 0.251 e. The second-order valence-electron chi connectivity index (χ2n) is 6.40. The number of nitrogens with zero attached hydrogens (tertiary/aromatic N) is 3. The van der Waals surface area contributed by atoms with Gasteiger partial charge >= 0.3 is 0 Å². The number of Topliss-reactive ketones (excluding diaryl/α,β-unsaturated/α-hetero) is 1. The number of carbonyl (C=O) groups is 2. The predicted molar refractivity (Wildman–Crippen MR) is 111 cm³/mol. The number of ketones is 1. The molecule has 0 bridgehead atoms. The van der Waals surface area contributed by atoms with E-state index in [9.17, 15) is 9.59 Å². The molecule has 7 nitrogen and oxygen atoms in total. The van der Waals surface area contributed by atoms with Crippen molar-refractivity contribution in [2.24, 2.45) is 7.05 Å². The molecule has 1 aromatic heterocycles. The Morgan fingerprint density at radius 2 is 1.76 bits per heavy atom. The topological polar surface area (TPSA) is 86.1 Å². The minimum Gasteiger partial charge on any atom is -0.497 e. The molecule has 0 radical (unpaired) electrons. The van der Waals surface area contributed by atoms with Gasteiger partial charge in [-0.3, -0.25) is 9.59 Å². The van der Waals surface area contributed by atoms with E-state index in [4.69, 9.17) is 4.74 Å². The normalized spacial score (nSPS) is 11.7. The number of aromatic nitrogens is 3. The highest BCUT2D eigenvalue weighted by Gasteiger charge is 2.19. The van der Waals surface area contributed by atoms with Crippen LogP contribution in [-0.2, 0) is 7.05 Å². The van der Waals surface area contributed by atoms with Gasteiger partial charge in [0.2, 0.25) is 0 Å². The smallest absolute Gasteiger partial charge is 0.251 e. The molecule has 3 aromatic rings. The van der Waals surface area contributed by atoms with E-state index >= 15 is 0 Å². The van der Waals surface area contributed by atoms with Crippen LogP contribution >= 0.6 is 11.8 Å². The third-order valence-corrected chi connectivity index (χ3v) is 5.40. The lowest BCUT2D eigenvalue weighted by Crippen LogP contribution is -2.28. The van der Waals surface area contributed by atoms with Crippen LogP contribution in [-0.4, -0.2) is 39.3 Å². The maximum absolute atomic E-state index is 12.4. The zero-order chi connectivity index (χ0) is 20.8. The van der Waals surface area contributed by atoms with Crippen LogP contribution in [0, 0.1) is 0 Å². The summed E-state index contributed by atoms with van der Waals surface area (Å²) in [4.78, 5) is 24.7. The molecule has 0 aliphatic carbocycles. The molecule has 0 aliphatic rings. The predicted octanol–water partition coefficient (Wildman–Crippen LogP) is 3.29. The molecule has 1 amide bonds. The molecule has 3 rings (SSSR count). The van der Waals surface area contributed by atoms with Crippen LogP contribution in [0.5, 0.6) is 5.75 Å². The third kappa shape index (κ3) is 5.03. The molecule has 1 unspecified atom stereocenters. The van der Waals surface area contributed by atoms with E-state index in [2.05, 4.69) is 15.5 Å². The summed E-state index contributed by atoms with van der Waals surface area (Å²) in [6.45, 7) is 1.85. The van der Waals surface area contributed by atoms with Crippen LogP contribution in [0.3, 0.4) is 0 Å². The Morgan fingerprint density at radius 1 is 1.07 bits per heavy atom. The van der Waals surface area contributed by atoms with Crippen LogP contribution < -0.4 is 10.1 Å². The van der Waals surface area contributed by atoms with E-state index in [0.29, 0.717) is 27.9 Å². The summed E-state index contributed by atoms with van der Waals surface area (Å²) >= 11 is 1.31. The fraction of sp³-hybridized carbons (Fsp3) is 0.238. The molecule has 0 spiro atoms. The van der Waals surface area contributed by atoms with Gasteiger partial charge in [0.1, 0.15) is 5.75 Å². The van der Waals surface area contributed by atoms with Crippen LogP contribution in [0.2, 0.25) is 0 Å². The van der Waals surface area contributed by atoms with Crippen LogP contribution in [0.25, 0.3) is 0 Å². The number of hydrogen-bond acceptors (Lipinski definition) is 6. The first-order valence-electron chi connectivity index (χ1n) is 9.05. The Hall–Kier alpha value is -3.13. The van der Waals surface area contributed by atoms with Crippen molar-refractivity contribution >= 4 is 23.5 Å². The Kier molecular flexibility index (Phi) is 6.66. The number of amides is 1. The average Bonchev–Trinajstić information content (AvgIpc) is 3.13. The largest absolute Gasteiger partial charge is 0.497 e. The van der Waals surface area contributed by atoms with Crippen molar-refractivity contribution in [1.82, 2.24) is 20.1 Å². The lowest BCUT2D eigenvalue weighted by atomic mass is 10.1. The quantitative estimate of drug-likeness (QED) is 0.453. The van der Waals surface area contributed by atoms with Gasteiger partial charge < -0.3 is 14.6 Å². The highest BCUT2D eigenvalue weighted by molar-refractivity contribution is 7.99. The summed E-state index contributed by atoms with van der Waals surface area (Å²) < 4.78 is 6.90.